The summed E-state index contributed by atoms with van der Waals surface area (Å²) >= 11 is 0. The minimum atomic E-state index is -3.16. The van der Waals surface area contributed by atoms with Gasteiger partial charge in [0.25, 0.3) is 0 Å². The molecular weight excluding hydrogens is 321 g/mol. The molecule has 0 spiro atoms. The molecule has 0 saturated carbocycles. The number of benzene rings is 2. The molecule has 0 aliphatic heterocycles. The maximum Gasteiger partial charge on any atom is 0.323 e. The number of ether oxygens (including phenoxy) is 1. The Hall–Kier alpha value is -1.77. The van der Waals surface area contributed by atoms with Crippen molar-refractivity contribution < 1.29 is 13.8 Å². The third kappa shape index (κ3) is 4.62. The fourth-order valence-corrected chi connectivity index (χ4v) is 4.19. The molecule has 0 amide bonds. The summed E-state index contributed by atoms with van der Waals surface area (Å²) in [6.07, 6.45) is 0.954. The van der Waals surface area contributed by atoms with E-state index in [-0.39, 0.29) is 6.10 Å². The van der Waals surface area contributed by atoms with Crippen LogP contribution in [0.15, 0.2) is 48.5 Å². The van der Waals surface area contributed by atoms with E-state index in [4.69, 9.17) is 9.26 Å². The van der Waals surface area contributed by atoms with Gasteiger partial charge in [0.2, 0.25) is 0 Å². The van der Waals surface area contributed by atoms with Crippen LogP contribution in [0.3, 0.4) is 0 Å². The molecule has 0 aromatic heterocycles. The van der Waals surface area contributed by atoms with E-state index < -0.39 is 7.52 Å². The Balaban J connectivity index is 2.32. The lowest BCUT2D eigenvalue weighted by Gasteiger charge is -2.21. The van der Waals surface area contributed by atoms with Crippen LogP contribution in [0, 0.1) is 0 Å². The first-order valence-corrected chi connectivity index (χ1v) is 9.99. The fourth-order valence-electron chi connectivity index (χ4n) is 2.44. The Labute approximate surface area is 144 Å². The normalized spacial score (nSPS) is 13.5. The van der Waals surface area contributed by atoms with Crippen molar-refractivity contribution in [3.63, 3.8) is 0 Å². The molecule has 1 N–H and O–H groups in total. The van der Waals surface area contributed by atoms with Gasteiger partial charge in [0.05, 0.1) is 18.0 Å². The van der Waals surface area contributed by atoms with Crippen molar-refractivity contribution in [1.29, 1.82) is 0 Å². The standard InChI is InChI=1S/C19H26NO3P/c1-5-16-14-17(12-13-19(16)23-15(3)4)20-24(21,22-6-2)18-10-8-7-9-11-18/h7-15H,5-6H2,1-4H3,(H,20,21). The predicted molar refractivity (Wildman–Crippen MR) is 101 cm³/mol. The average Bonchev–Trinajstić information content (AvgIpc) is 2.57. The van der Waals surface area contributed by atoms with Crippen molar-refractivity contribution in [3.05, 3.63) is 54.1 Å². The number of hydrogen-bond donors (Lipinski definition) is 1. The topological polar surface area (TPSA) is 47.6 Å². The second kappa shape index (κ2) is 8.36. The van der Waals surface area contributed by atoms with E-state index in [1.165, 1.54) is 0 Å². The summed E-state index contributed by atoms with van der Waals surface area (Å²) in [5.74, 6) is 0.865. The number of hydrogen-bond acceptors (Lipinski definition) is 3. The van der Waals surface area contributed by atoms with Gasteiger partial charge >= 0.3 is 7.52 Å². The number of anilines is 1. The van der Waals surface area contributed by atoms with Crippen LogP contribution in [0.1, 0.15) is 33.3 Å². The molecular formula is C19H26NO3P. The SMILES string of the molecule is CCOP(=O)(Nc1ccc(OC(C)C)c(CC)c1)c1ccccc1. The molecule has 0 radical (unpaired) electrons. The van der Waals surface area contributed by atoms with Gasteiger partial charge in [-0.05, 0) is 63.1 Å². The third-order valence-corrected chi connectivity index (χ3v) is 5.64. The smallest absolute Gasteiger partial charge is 0.323 e. The molecule has 1 atom stereocenters. The van der Waals surface area contributed by atoms with Crippen molar-refractivity contribution >= 4 is 18.5 Å². The van der Waals surface area contributed by atoms with Gasteiger partial charge in [0.1, 0.15) is 5.75 Å². The van der Waals surface area contributed by atoms with E-state index >= 15 is 0 Å². The quantitative estimate of drug-likeness (QED) is 0.683. The van der Waals surface area contributed by atoms with Gasteiger partial charge in [-0.25, -0.2) is 0 Å². The Kier molecular flexibility index (Phi) is 6.47. The highest BCUT2D eigenvalue weighted by Crippen LogP contribution is 2.46. The third-order valence-electron chi connectivity index (χ3n) is 3.49. The minimum absolute atomic E-state index is 0.118. The van der Waals surface area contributed by atoms with E-state index in [2.05, 4.69) is 12.0 Å². The molecule has 0 saturated heterocycles. The van der Waals surface area contributed by atoms with Crippen LogP contribution in [0.4, 0.5) is 5.69 Å². The molecule has 2 rings (SSSR count). The van der Waals surface area contributed by atoms with Crippen LogP contribution in [-0.2, 0) is 15.5 Å². The second-order valence-electron chi connectivity index (χ2n) is 5.76. The van der Waals surface area contributed by atoms with Crippen LogP contribution in [-0.4, -0.2) is 12.7 Å². The summed E-state index contributed by atoms with van der Waals surface area (Å²) in [6, 6.07) is 15.0. The Bertz CT molecular complexity index is 701. The van der Waals surface area contributed by atoms with Gasteiger partial charge < -0.3 is 14.3 Å². The van der Waals surface area contributed by atoms with Crippen molar-refractivity contribution in [2.24, 2.45) is 0 Å². The summed E-state index contributed by atoms with van der Waals surface area (Å²) in [7, 11) is -3.16. The first kappa shape index (κ1) is 18.6. The minimum Gasteiger partial charge on any atom is -0.491 e. The van der Waals surface area contributed by atoms with Crippen molar-refractivity contribution in [2.75, 3.05) is 11.7 Å². The monoisotopic (exact) mass is 347 g/mol. The van der Waals surface area contributed by atoms with E-state index in [9.17, 15) is 4.57 Å². The number of aryl methyl sites for hydroxylation is 1. The van der Waals surface area contributed by atoms with Crippen molar-refractivity contribution in [1.82, 2.24) is 0 Å². The van der Waals surface area contributed by atoms with Gasteiger partial charge in [-0.3, -0.25) is 4.57 Å². The average molecular weight is 347 g/mol. The molecule has 0 fully saturated rings. The lowest BCUT2D eigenvalue weighted by atomic mass is 10.1. The van der Waals surface area contributed by atoms with Gasteiger partial charge in [0, 0.05) is 5.69 Å². The maximum absolute atomic E-state index is 13.3. The Morgan fingerprint density at radius 1 is 1.08 bits per heavy atom. The van der Waals surface area contributed by atoms with Crippen molar-refractivity contribution in [3.8, 4) is 5.75 Å². The Morgan fingerprint density at radius 3 is 2.38 bits per heavy atom. The lowest BCUT2D eigenvalue weighted by Crippen LogP contribution is -2.14. The van der Waals surface area contributed by atoms with Gasteiger partial charge in [-0.2, -0.15) is 0 Å². The maximum atomic E-state index is 13.3. The number of nitrogens with one attached hydrogen (secondary N) is 1. The first-order chi connectivity index (χ1) is 11.5. The highest BCUT2D eigenvalue weighted by Gasteiger charge is 2.25. The molecule has 0 aliphatic rings. The van der Waals surface area contributed by atoms with E-state index in [0.717, 1.165) is 23.4 Å². The molecule has 24 heavy (non-hydrogen) atoms. The van der Waals surface area contributed by atoms with Crippen LogP contribution >= 0.6 is 7.52 Å². The van der Waals surface area contributed by atoms with E-state index in [1.807, 2.05) is 69.3 Å². The highest BCUT2D eigenvalue weighted by atomic mass is 31.2. The lowest BCUT2D eigenvalue weighted by molar-refractivity contribution is 0.240. The number of rotatable bonds is 8. The second-order valence-corrected chi connectivity index (χ2v) is 7.86. The van der Waals surface area contributed by atoms with Crippen LogP contribution in [0.5, 0.6) is 5.75 Å². The molecule has 4 nitrogen and oxygen atoms in total. The molecule has 5 heteroatoms. The van der Waals surface area contributed by atoms with E-state index in [1.54, 1.807) is 0 Å². The molecule has 2 aromatic rings. The Morgan fingerprint density at radius 2 is 1.79 bits per heavy atom. The zero-order chi connectivity index (χ0) is 17.6. The largest absolute Gasteiger partial charge is 0.491 e. The summed E-state index contributed by atoms with van der Waals surface area (Å²) in [5, 5.41) is 3.77. The van der Waals surface area contributed by atoms with Crippen LogP contribution < -0.4 is 15.1 Å². The summed E-state index contributed by atoms with van der Waals surface area (Å²) < 4.78 is 24.7. The molecule has 1 unspecified atom stereocenters. The van der Waals surface area contributed by atoms with Crippen molar-refractivity contribution in [2.45, 2.75) is 40.2 Å². The summed E-state index contributed by atoms with van der Waals surface area (Å²) in [6.45, 7) is 8.29. The van der Waals surface area contributed by atoms with Crippen LogP contribution in [0.2, 0.25) is 0 Å². The molecule has 0 heterocycles. The molecule has 0 aliphatic carbocycles. The molecule has 130 valence electrons. The van der Waals surface area contributed by atoms with E-state index in [0.29, 0.717) is 11.9 Å². The summed E-state index contributed by atoms with van der Waals surface area (Å²) in [4.78, 5) is 0. The van der Waals surface area contributed by atoms with Gasteiger partial charge in [-0.1, -0.05) is 25.1 Å². The molecule has 0 bridgehead atoms. The molecule has 2 aromatic carbocycles. The zero-order valence-electron chi connectivity index (χ0n) is 14.8. The van der Waals surface area contributed by atoms with Gasteiger partial charge in [0.15, 0.2) is 0 Å². The first-order valence-electron chi connectivity index (χ1n) is 8.36. The van der Waals surface area contributed by atoms with Crippen LogP contribution in [0.25, 0.3) is 0 Å². The highest BCUT2D eigenvalue weighted by molar-refractivity contribution is 7.68. The van der Waals surface area contributed by atoms with Gasteiger partial charge in [-0.15, -0.1) is 0 Å². The summed E-state index contributed by atoms with van der Waals surface area (Å²) in [5.41, 5.74) is 1.84. The predicted octanol–water partition coefficient (Wildman–Crippen LogP) is 5.00. The zero-order valence-corrected chi connectivity index (χ0v) is 15.7. The fraction of sp³-hybridized carbons (Fsp3) is 0.368.